The number of aldehydes is 1. The molecule has 6 rings (SSSR count). The van der Waals surface area contributed by atoms with Crippen molar-refractivity contribution in [3.05, 3.63) is 0 Å². The van der Waals surface area contributed by atoms with Crippen molar-refractivity contribution in [2.75, 3.05) is 46.2 Å². The lowest BCUT2D eigenvalue weighted by atomic mass is 9.95. The van der Waals surface area contributed by atoms with Crippen LogP contribution in [0.3, 0.4) is 0 Å². The van der Waals surface area contributed by atoms with Crippen molar-refractivity contribution >= 4 is 16.7 Å². The molecule has 0 bridgehead atoms. The number of carbonyl (C=O) groups is 1. The van der Waals surface area contributed by atoms with E-state index >= 15 is 0 Å². The van der Waals surface area contributed by atoms with Crippen LogP contribution in [-0.4, -0.2) is 386 Å². The van der Waals surface area contributed by atoms with Crippen molar-refractivity contribution in [3.8, 4) is 0 Å². The Morgan fingerprint density at radius 1 is 0.390 bits per heavy atom. The predicted molar refractivity (Wildman–Crippen MR) is 242 cm³/mol. The van der Waals surface area contributed by atoms with Crippen LogP contribution in [0.2, 0.25) is 0 Å². The van der Waals surface area contributed by atoms with Crippen molar-refractivity contribution in [2.24, 2.45) is 0 Å². The predicted octanol–water partition coefficient (Wildman–Crippen LogP) is -16.9. The van der Waals surface area contributed by atoms with Gasteiger partial charge in [-0.15, -0.1) is 0 Å². The van der Waals surface area contributed by atoms with Crippen LogP contribution in [0.25, 0.3) is 0 Å². The van der Waals surface area contributed by atoms with Gasteiger partial charge < -0.3 is 179 Å². The standard InChI is InChI=1S/C42H72O39S/c43-1-9(51)17(52)31(16(8-50)81-82(66,67)68)75-38-26(61)33(20(55)11(3-45)70-38)77-40-28(63)35(22(57)13(5-47)72-40)79-42-30(65)36(23(58)15(7-49)74-42)80-41-29(64)34(21(56)14(6-48)73-41)78-39-27(62)32(19(54)12(4-46)71-39)76-37-25(60)24(59)18(53)10(2-44)69-37/h8-49,51-65H,1-7H2,(H,66,67,68)/p-1/t9-,10-,11-,12-,13-,14-,15-,16+,17-,18-,19-,20-,21-,22-,23-,24+,25-,26-,27-,28-,29-,30-,31-,32+,33+,34+,35+,36+,37+,38+,39+,40+,41+,42+/m1/s1. The van der Waals surface area contributed by atoms with Gasteiger partial charge in [-0.3, -0.25) is 4.18 Å². The number of aliphatic hydroxyl groups excluding tert-OH is 22. The number of ether oxygens (including phenoxy) is 12. The molecule has 6 fully saturated rings. The van der Waals surface area contributed by atoms with E-state index in [1.165, 1.54) is 0 Å². The normalized spacial score (nSPS) is 47.5. The number of carbonyl (C=O) groups excluding carboxylic acids is 1. The van der Waals surface area contributed by atoms with Gasteiger partial charge >= 0.3 is 0 Å². The van der Waals surface area contributed by atoms with E-state index in [0.29, 0.717) is 0 Å². The highest BCUT2D eigenvalue weighted by Gasteiger charge is 2.58. The molecule has 0 unspecified atom stereocenters. The highest BCUT2D eigenvalue weighted by Crippen LogP contribution is 2.37. The third kappa shape index (κ3) is 15.2. The van der Waals surface area contributed by atoms with Crippen molar-refractivity contribution in [1.29, 1.82) is 0 Å². The van der Waals surface area contributed by atoms with Crippen LogP contribution in [0.4, 0.5) is 0 Å². The number of hydrogen-bond acceptors (Lipinski definition) is 39. The van der Waals surface area contributed by atoms with Gasteiger partial charge in [0.15, 0.2) is 50.1 Å². The summed E-state index contributed by atoms with van der Waals surface area (Å²) in [6.45, 7) is -7.85. The van der Waals surface area contributed by atoms with E-state index in [1.807, 2.05) is 0 Å². The molecular formula is C42H71O39S-. The van der Waals surface area contributed by atoms with Crippen molar-refractivity contribution in [1.82, 2.24) is 0 Å². The lowest BCUT2D eigenvalue weighted by Crippen LogP contribution is -2.68. The summed E-state index contributed by atoms with van der Waals surface area (Å²) in [4.78, 5) is 11.9. The smallest absolute Gasteiger partial charge is 0.218 e. The molecule has 82 heavy (non-hydrogen) atoms. The monoisotopic (exact) mass is 1230 g/mol. The van der Waals surface area contributed by atoms with Gasteiger partial charge in [0.05, 0.1) is 46.2 Å². The van der Waals surface area contributed by atoms with E-state index in [0.717, 1.165) is 0 Å². The second-order valence-corrected chi connectivity index (χ2v) is 20.7. The number of hydrogen-bond donors (Lipinski definition) is 22. The summed E-state index contributed by atoms with van der Waals surface area (Å²) in [7, 11) is -5.80. The molecule has 0 aliphatic carbocycles. The fraction of sp³-hybridized carbons (Fsp3) is 0.976. The maximum Gasteiger partial charge on any atom is 0.218 e. The molecule has 0 amide bonds. The molecule has 0 saturated carbocycles. The van der Waals surface area contributed by atoms with Crippen LogP contribution in [0.1, 0.15) is 0 Å². The molecular weight excluding hydrogens is 1160 g/mol. The summed E-state index contributed by atoms with van der Waals surface area (Å²) >= 11 is 0. The average Bonchev–Trinajstić information content (AvgIpc) is 2.75. The third-order valence-electron chi connectivity index (χ3n) is 14.3. The van der Waals surface area contributed by atoms with E-state index in [9.17, 15) is 130 Å². The summed E-state index contributed by atoms with van der Waals surface area (Å²) in [5, 5.41) is 235. The van der Waals surface area contributed by atoms with Crippen molar-refractivity contribution < 1.29 is 191 Å². The molecule has 6 saturated heterocycles. The molecule has 0 aromatic rings. The van der Waals surface area contributed by atoms with Crippen LogP contribution in [0, 0.1) is 0 Å². The van der Waals surface area contributed by atoms with E-state index in [2.05, 4.69) is 4.18 Å². The van der Waals surface area contributed by atoms with E-state index < -0.39 is 272 Å². The molecule has 0 spiro atoms. The Labute approximate surface area is 462 Å². The van der Waals surface area contributed by atoms with E-state index in [-0.39, 0.29) is 0 Å². The molecule has 39 nitrogen and oxygen atoms in total. The van der Waals surface area contributed by atoms with Gasteiger partial charge in [0.25, 0.3) is 0 Å². The molecule has 22 N–H and O–H groups in total. The summed E-state index contributed by atoms with van der Waals surface area (Å²) in [5.74, 6) is 0. The molecule has 0 radical (unpaired) electrons. The molecule has 6 heterocycles. The maximum absolute atomic E-state index is 11.9. The van der Waals surface area contributed by atoms with Gasteiger partial charge in [0.1, 0.15) is 165 Å². The Hall–Kier alpha value is -1.82. The van der Waals surface area contributed by atoms with Crippen LogP contribution in [0.5, 0.6) is 0 Å². The lowest BCUT2D eigenvalue weighted by molar-refractivity contribution is -0.399. The molecule has 40 heteroatoms. The Balaban J connectivity index is 1.20. The van der Waals surface area contributed by atoms with Crippen molar-refractivity contribution in [3.63, 3.8) is 0 Å². The van der Waals surface area contributed by atoms with E-state index in [1.54, 1.807) is 0 Å². The summed E-state index contributed by atoms with van der Waals surface area (Å²) in [5.41, 5.74) is 0. The highest BCUT2D eigenvalue weighted by atomic mass is 32.3. The molecule has 34 atom stereocenters. The first-order chi connectivity index (χ1) is 38.6. The molecule has 6 aliphatic heterocycles. The van der Waals surface area contributed by atoms with Crippen LogP contribution in [0.15, 0.2) is 0 Å². The van der Waals surface area contributed by atoms with Gasteiger partial charge in [-0.25, -0.2) is 8.42 Å². The second kappa shape index (κ2) is 29.9. The molecule has 0 aromatic heterocycles. The second-order valence-electron chi connectivity index (χ2n) is 19.7. The third-order valence-corrected chi connectivity index (χ3v) is 14.8. The first kappa shape index (κ1) is 69.3. The molecule has 480 valence electrons. The molecule has 0 aromatic carbocycles. The van der Waals surface area contributed by atoms with Crippen molar-refractivity contribution in [2.45, 2.75) is 209 Å². The average molecular weight is 1230 g/mol. The Morgan fingerprint density at radius 2 is 0.646 bits per heavy atom. The Bertz CT molecular complexity index is 2050. The van der Waals surface area contributed by atoms with Crippen LogP contribution >= 0.6 is 0 Å². The van der Waals surface area contributed by atoms with Crippen LogP contribution in [-0.2, 0) is 76.2 Å². The summed E-state index contributed by atoms with van der Waals surface area (Å²) in [6, 6.07) is 0. The quantitative estimate of drug-likeness (QED) is 0.0229. The zero-order chi connectivity index (χ0) is 61.0. The molecule has 6 aliphatic rings. The Morgan fingerprint density at radius 3 is 0.902 bits per heavy atom. The lowest BCUT2D eigenvalue weighted by Gasteiger charge is -2.50. The summed E-state index contributed by atoms with van der Waals surface area (Å²) < 4.78 is 105. The topological polar surface area (TPSA) is 639 Å². The van der Waals surface area contributed by atoms with Gasteiger partial charge in [-0.05, 0) is 0 Å². The SMILES string of the molecule is O=C[C@H](OS(=O)(=O)[O-])[C@@H](O[C@@H]1O[C@H](CO)[C@@H](O)[C@H](O[C@@H]2O[C@H](CO)[C@@H](O)[C@H](O[C@@H]3O[C@H](CO)[C@@H](O)[C@H](O[C@@H]4O[C@H](CO)[C@@H](O)[C@H](O[C@@H]5O[C@H](CO)[C@@H](O)[C@H](O[C@@H]6O[C@H](CO)[C@@H](O)[C@H](O)[C@H]6O)[C@H]5O)[C@H]4O)[C@H]3O)[C@H]2O)[C@H]1O)[C@H](O)[C@H](O)CO. The fourth-order valence-corrected chi connectivity index (χ4v) is 10.1. The minimum absolute atomic E-state index is 0.403. The van der Waals surface area contributed by atoms with Gasteiger partial charge in [0, 0.05) is 0 Å². The van der Waals surface area contributed by atoms with Crippen LogP contribution < -0.4 is 0 Å². The highest BCUT2D eigenvalue weighted by molar-refractivity contribution is 7.80. The van der Waals surface area contributed by atoms with Gasteiger partial charge in [-0.1, -0.05) is 0 Å². The number of rotatable bonds is 25. The zero-order valence-corrected chi connectivity index (χ0v) is 43.2. The fourth-order valence-electron chi connectivity index (χ4n) is 9.71. The first-order valence-electron chi connectivity index (χ1n) is 25.1. The van der Waals surface area contributed by atoms with E-state index in [4.69, 9.17) is 56.8 Å². The maximum atomic E-state index is 11.9. The number of aliphatic hydroxyl groups is 22. The largest absolute Gasteiger partial charge is 0.726 e. The minimum atomic E-state index is -5.80. The van der Waals surface area contributed by atoms with Gasteiger partial charge in [0.2, 0.25) is 10.4 Å². The van der Waals surface area contributed by atoms with Gasteiger partial charge in [-0.2, -0.15) is 0 Å². The zero-order valence-electron chi connectivity index (χ0n) is 42.3. The summed E-state index contributed by atoms with van der Waals surface area (Å²) in [6.07, 6.45) is -73.9. The Kier molecular flexibility index (Phi) is 25.3. The minimum Gasteiger partial charge on any atom is -0.726 e. The first-order valence-corrected chi connectivity index (χ1v) is 26.4.